The minimum absolute atomic E-state index is 0.201. The first-order valence-electron chi connectivity index (χ1n) is 9.64. The quantitative estimate of drug-likeness (QED) is 0.568. The number of aromatic nitrogens is 1. The number of allylic oxidation sites excluding steroid dienone is 1. The molecule has 0 bridgehead atoms. The lowest BCUT2D eigenvalue weighted by atomic mass is 10.0. The maximum Gasteiger partial charge on any atom is 0.338 e. The van der Waals surface area contributed by atoms with Crippen LogP contribution in [0.15, 0.2) is 55.1 Å². The number of rotatable bonds is 5. The molecule has 0 radical (unpaired) electrons. The van der Waals surface area contributed by atoms with Crippen molar-refractivity contribution in [2.45, 2.75) is 33.7 Å². The highest BCUT2D eigenvalue weighted by atomic mass is 32.1. The summed E-state index contributed by atoms with van der Waals surface area (Å²) in [7, 11) is 0. The number of hydrogen-bond donors (Lipinski definition) is 0. The lowest BCUT2D eigenvalue weighted by Gasteiger charge is -2.23. The van der Waals surface area contributed by atoms with Crippen LogP contribution in [0.5, 0.6) is 0 Å². The Labute approximate surface area is 181 Å². The molecule has 6 nitrogen and oxygen atoms in total. The second kappa shape index (κ2) is 8.20. The van der Waals surface area contributed by atoms with E-state index in [1.54, 1.807) is 17.6 Å². The van der Waals surface area contributed by atoms with Gasteiger partial charge in [0.1, 0.15) is 17.6 Å². The zero-order valence-electron chi connectivity index (χ0n) is 17.2. The van der Waals surface area contributed by atoms with Crippen molar-refractivity contribution in [3.05, 3.63) is 77.0 Å². The number of nitrogens with zero attached hydrogens (tertiary/aromatic N) is 2. The van der Waals surface area contributed by atoms with Gasteiger partial charge in [-0.15, -0.1) is 11.3 Å². The Morgan fingerprint density at radius 1 is 1.33 bits per heavy atom. The maximum absolute atomic E-state index is 13.3. The Hall–Kier alpha value is -2.71. The van der Waals surface area contributed by atoms with Gasteiger partial charge in [-0.05, 0) is 43.3 Å². The molecule has 1 unspecified atom stereocenters. The molecule has 0 spiro atoms. The molecule has 0 amide bonds. The first-order valence-corrected chi connectivity index (χ1v) is 11.3. The summed E-state index contributed by atoms with van der Waals surface area (Å²) in [5.41, 5.74) is 0.780. The lowest BCUT2D eigenvalue weighted by molar-refractivity contribution is -0.140. The number of thiophene rings is 1. The predicted molar refractivity (Wildman–Crippen MR) is 117 cm³/mol. The highest BCUT2D eigenvalue weighted by molar-refractivity contribution is 7.10. The standard InChI is InChI=1S/C22H22N2O4S2/c1-12(2)11-27-21(26)18-14(4)23-22-24(19(18)16-6-5-9-29-16)20(25)17(30-22)10-15-8-7-13(3)28-15/h5-10,12,19H,11H2,1-4H3. The number of aryl methyl sites for hydroxylation is 1. The minimum Gasteiger partial charge on any atom is -0.462 e. The van der Waals surface area contributed by atoms with Gasteiger partial charge in [0.15, 0.2) is 4.80 Å². The molecule has 0 aliphatic carbocycles. The van der Waals surface area contributed by atoms with Gasteiger partial charge in [-0.1, -0.05) is 31.3 Å². The van der Waals surface area contributed by atoms with Gasteiger partial charge in [-0.2, -0.15) is 0 Å². The summed E-state index contributed by atoms with van der Waals surface area (Å²) in [6.45, 7) is 7.93. The largest absolute Gasteiger partial charge is 0.462 e. The SMILES string of the molecule is CC1=C(C(=O)OCC(C)C)C(c2cccs2)n2c(sc(=Cc3ccc(C)o3)c2=O)=N1. The third-order valence-electron chi connectivity index (χ3n) is 4.64. The fourth-order valence-corrected chi connectivity index (χ4v) is 5.13. The molecule has 1 aliphatic heterocycles. The Bertz CT molecular complexity index is 1290. The number of carbonyl (C=O) groups is 1. The molecule has 0 saturated carbocycles. The van der Waals surface area contributed by atoms with Crippen LogP contribution >= 0.6 is 22.7 Å². The van der Waals surface area contributed by atoms with Crippen molar-refractivity contribution in [1.29, 1.82) is 0 Å². The zero-order valence-corrected chi connectivity index (χ0v) is 18.8. The van der Waals surface area contributed by atoms with Crippen LogP contribution in [0.1, 0.15) is 43.2 Å². The molecule has 30 heavy (non-hydrogen) atoms. The van der Waals surface area contributed by atoms with Crippen LogP contribution in [0.4, 0.5) is 0 Å². The lowest BCUT2D eigenvalue weighted by Crippen LogP contribution is -2.39. The molecule has 0 saturated heterocycles. The van der Waals surface area contributed by atoms with Crippen LogP contribution in [0.3, 0.4) is 0 Å². The van der Waals surface area contributed by atoms with E-state index in [-0.39, 0.29) is 11.5 Å². The van der Waals surface area contributed by atoms with E-state index in [9.17, 15) is 9.59 Å². The molecule has 0 aromatic carbocycles. The third kappa shape index (κ3) is 3.85. The van der Waals surface area contributed by atoms with Crippen LogP contribution in [0.2, 0.25) is 0 Å². The Morgan fingerprint density at radius 2 is 2.13 bits per heavy atom. The molecule has 1 atom stereocenters. The monoisotopic (exact) mass is 442 g/mol. The Balaban J connectivity index is 1.87. The fourth-order valence-electron chi connectivity index (χ4n) is 3.28. The van der Waals surface area contributed by atoms with Gasteiger partial charge in [0, 0.05) is 11.0 Å². The molecule has 156 valence electrons. The highest BCUT2D eigenvalue weighted by Crippen LogP contribution is 2.33. The van der Waals surface area contributed by atoms with Gasteiger partial charge in [-0.3, -0.25) is 9.36 Å². The topological polar surface area (TPSA) is 73.8 Å². The first-order chi connectivity index (χ1) is 14.3. The van der Waals surface area contributed by atoms with Gasteiger partial charge >= 0.3 is 5.97 Å². The van der Waals surface area contributed by atoms with Gasteiger partial charge in [0.05, 0.1) is 22.4 Å². The normalized spacial score (nSPS) is 16.7. The van der Waals surface area contributed by atoms with Crippen LogP contribution in [0.25, 0.3) is 6.08 Å². The third-order valence-corrected chi connectivity index (χ3v) is 6.54. The summed E-state index contributed by atoms with van der Waals surface area (Å²) in [4.78, 5) is 32.3. The fraction of sp³-hybridized carbons (Fsp3) is 0.318. The van der Waals surface area contributed by atoms with E-state index < -0.39 is 12.0 Å². The summed E-state index contributed by atoms with van der Waals surface area (Å²) in [5.74, 6) is 1.17. The van der Waals surface area contributed by atoms with E-state index in [0.717, 1.165) is 10.6 Å². The molecule has 0 N–H and O–H groups in total. The summed E-state index contributed by atoms with van der Waals surface area (Å²) in [5, 5.41) is 1.93. The molecular formula is C22H22N2O4S2. The van der Waals surface area contributed by atoms with Crippen LogP contribution in [-0.2, 0) is 9.53 Å². The van der Waals surface area contributed by atoms with E-state index in [0.29, 0.717) is 33.0 Å². The van der Waals surface area contributed by atoms with Crippen molar-refractivity contribution in [3.8, 4) is 0 Å². The molecular weight excluding hydrogens is 420 g/mol. The number of hydrogen-bond acceptors (Lipinski definition) is 7. The average molecular weight is 443 g/mol. The summed E-state index contributed by atoms with van der Waals surface area (Å²) in [6, 6.07) is 6.96. The second-order valence-electron chi connectivity index (χ2n) is 7.54. The van der Waals surface area contributed by atoms with E-state index in [1.165, 1.54) is 22.7 Å². The number of carbonyl (C=O) groups excluding carboxylic acids is 1. The maximum atomic E-state index is 13.3. The number of ether oxygens (including phenoxy) is 1. The second-order valence-corrected chi connectivity index (χ2v) is 9.53. The van der Waals surface area contributed by atoms with Crippen LogP contribution < -0.4 is 14.9 Å². The predicted octanol–water partition coefficient (Wildman–Crippen LogP) is 3.40. The first kappa shape index (κ1) is 20.6. The summed E-state index contributed by atoms with van der Waals surface area (Å²) >= 11 is 2.79. The molecule has 8 heteroatoms. The van der Waals surface area contributed by atoms with E-state index >= 15 is 0 Å². The van der Waals surface area contributed by atoms with Crippen LogP contribution in [0, 0.1) is 12.8 Å². The zero-order chi connectivity index (χ0) is 21.4. The number of thiazole rings is 1. The highest BCUT2D eigenvalue weighted by Gasteiger charge is 2.34. The van der Waals surface area contributed by atoms with Crippen molar-refractivity contribution in [2.24, 2.45) is 10.9 Å². The van der Waals surface area contributed by atoms with E-state index in [1.807, 2.05) is 50.4 Å². The van der Waals surface area contributed by atoms with Crippen molar-refractivity contribution in [1.82, 2.24) is 4.57 Å². The number of furan rings is 1. The van der Waals surface area contributed by atoms with E-state index in [4.69, 9.17) is 9.15 Å². The molecule has 4 rings (SSSR count). The van der Waals surface area contributed by atoms with Crippen molar-refractivity contribution in [2.75, 3.05) is 6.61 Å². The van der Waals surface area contributed by atoms with E-state index in [2.05, 4.69) is 4.99 Å². The minimum atomic E-state index is -0.554. The van der Waals surface area contributed by atoms with Crippen molar-refractivity contribution in [3.63, 3.8) is 0 Å². The number of esters is 1. The molecule has 0 fully saturated rings. The Kier molecular flexibility index (Phi) is 5.62. The Morgan fingerprint density at radius 3 is 2.77 bits per heavy atom. The molecule has 3 aromatic heterocycles. The number of fused-ring (bicyclic) bond motifs is 1. The van der Waals surface area contributed by atoms with Gasteiger partial charge < -0.3 is 9.15 Å². The molecule has 4 heterocycles. The van der Waals surface area contributed by atoms with Gasteiger partial charge in [0.2, 0.25) is 0 Å². The van der Waals surface area contributed by atoms with Crippen molar-refractivity contribution < 1.29 is 13.9 Å². The smallest absolute Gasteiger partial charge is 0.338 e. The molecule has 1 aliphatic rings. The summed E-state index contributed by atoms with van der Waals surface area (Å²) < 4.78 is 13.2. The van der Waals surface area contributed by atoms with Gasteiger partial charge in [0.25, 0.3) is 5.56 Å². The average Bonchev–Trinajstić information content (AvgIpc) is 3.41. The summed E-state index contributed by atoms with van der Waals surface area (Å²) in [6.07, 6.45) is 1.72. The molecule has 3 aromatic rings. The van der Waals surface area contributed by atoms with Crippen molar-refractivity contribution >= 4 is 34.7 Å². The van der Waals surface area contributed by atoms with Crippen LogP contribution in [-0.4, -0.2) is 17.1 Å². The van der Waals surface area contributed by atoms with Gasteiger partial charge in [-0.25, -0.2) is 9.79 Å².